The molecule has 0 radical (unpaired) electrons. The molecule has 0 aromatic carbocycles. The zero-order valence-electron chi connectivity index (χ0n) is 15.4. The number of methoxy groups -OCH3 is 1. The highest BCUT2D eigenvalue weighted by atomic mass is 16.5. The molecule has 138 valence electrons. The first kappa shape index (κ1) is 17.1. The van der Waals surface area contributed by atoms with E-state index >= 15 is 0 Å². The molecule has 2 atom stereocenters. The number of aromatic amines is 1. The predicted molar refractivity (Wildman–Crippen MR) is 93.5 cm³/mol. The first-order chi connectivity index (χ1) is 12.6. The molecule has 2 fully saturated rings. The Hall–Kier alpha value is -2.35. The first-order valence-corrected chi connectivity index (χ1v) is 9.07. The van der Waals surface area contributed by atoms with Gasteiger partial charge in [-0.3, -0.25) is 9.89 Å². The Kier molecular flexibility index (Phi) is 4.44. The molecule has 2 aromatic rings. The van der Waals surface area contributed by atoms with Crippen molar-refractivity contribution in [2.45, 2.75) is 39.2 Å². The number of amides is 1. The van der Waals surface area contributed by atoms with Gasteiger partial charge in [-0.1, -0.05) is 0 Å². The molecule has 1 saturated carbocycles. The molecule has 0 bridgehead atoms. The van der Waals surface area contributed by atoms with Crippen LogP contribution in [0.3, 0.4) is 0 Å². The minimum absolute atomic E-state index is 0.0290. The minimum Gasteiger partial charge on any atom is -0.377 e. The number of hydrogen-bond donors (Lipinski definition) is 1. The number of hydrogen-bond acceptors (Lipinski definition) is 6. The van der Waals surface area contributed by atoms with Crippen LogP contribution in [0, 0.1) is 25.7 Å². The summed E-state index contributed by atoms with van der Waals surface area (Å²) in [7, 11) is 1.64. The topological polar surface area (TPSA) is 96.9 Å². The van der Waals surface area contributed by atoms with E-state index < -0.39 is 0 Å². The van der Waals surface area contributed by atoms with Gasteiger partial charge in [0.15, 0.2) is 11.6 Å². The van der Waals surface area contributed by atoms with Crippen LogP contribution in [0.25, 0.3) is 0 Å². The molecule has 8 heteroatoms. The Labute approximate surface area is 152 Å². The van der Waals surface area contributed by atoms with E-state index in [9.17, 15) is 4.79 Å². The third-order valence-electron chi connectivity index (χ3n) is 5.37. The maximum atomic E-state index is 13.1. The standard InChI is InChI=1S/C18H24N6O2/c1-10-6-13(11(2)21-20-10)18(25)24-7-14(12-4-5-12)15(8-24)17-19-16(9-26-3)22-23-17/h6,12,14-15H,4-5,7-9H2,1-3H3,(H,19,22,23)/t14-,15+/m1/s1. The highest BCUT2D eigenvalue weighted by Crippen LogP contribution is 2.47. The number of carbonyl (C=O) groups excluding carboxylic acids is 1. The lowest BCUT2D eigenvalue weighted by molar-refractivity contribution is 0.0783. The molecule has 26 heavy (non-hydrogen) atoms. The van der Waals surface area contributed by atoms with Crippen molar-refractivity contribution in [2.75, 3.05) is 20.2 Å². The maximum absolute atomic E-state index is 13.1. The van der Waals surface area contributed by atoms with Gasteiger partial charge in [-0.05, 0) is 44.6 Å². The zero-order chi connectivity index (χ0) is 18.3. The highest BCUT2D eigenvalue weighted by molar-refractivity contribution is 5.95. The van der Waals surface area contributed by atoms with Crippen molar-refractivity contribution in [3.05, 3.63) is 34.7 Å². The van der Waals surface area contributed by atoms with Crippen molar-refractivity contribution in [1.29, 1.82) is 0 Å². The molecule has 2 aliphatic rings. The minimum atomic E-state index is 0.0290. The van der Waals surface area contributed by atoms with Crippen LogP contribution in [0.4, 0.5) is 0 Å². The molecule has 1 saturated heterocycles. The second kappa shape index (κ2) is 6.75. The van der Waals surface area contributed by atoms with Gasteiger partial charge in [-0.25, -0.2) is 4.98 Å². The van der Waals surface area contributed by atoms with Gasteiger partial charge in [0.2, 0.25) is 0 Å². The summed E-state index contributed by atoms with van der Waals surface area (Å²) in [5.41, 5.74) is 2.07. The Balaban J connectivity index is 1.57. The van der Waals surface area contributed by atoms with E-state index in [1.54, 1.807) is 7.11 Å². The number of nitrogens with one attached hydrogen (secondary N) is 1. The zero-order valence-corrected chi connectivity index (χ0v) is 15.4. The van der Waals surface area contributed by atoms with Crippen molar-refractivity contribution >= 4 is 5.91 Å². The monoisotopic (exact) mass is 356 g/mol. The molecule has 2 aromatic heterocycles. The summed E-state index contributed by atoms with van der Waals surface area (Å²) in [5, 5.41) is 15.5. The van der Waals surface area contributed by atoms with Crippen LogP contribution >= 0.6 is 0 Å². The van der Waals surface area contributed by atoms with E-state index in [2.05, 4.69) is 25.4 Å². The second-order valence-corrected chi connectivity index (χ2v) is 7.38. The SMILES string of the molecule is COCc1nc([C@H]2CN(C(=O)c3cc(C)nnc3C)C[C@@H]2C2CC2)n[nH]1. The van der Waals surface area contributed by atoms with Gasteiger partial charge in [0.1, 0.15) is 6.61 Å². The van der Waals surface area contributed by atoms with E-state index in [4.69, 9.17) is 4.74 Å². The Morgan fingerprint density at radius 1 is 1.31 bits per heavy atom. The van der Waals surface area contributed by atoms with E-state index in [0.29, 0.717) is 36.2 Å². The van der Waals surface area contributed by atoms with Gasteiger partial charge in [0, 0.05) is 26.1 Å². The van der Waals surface area contributed by atoms with Gasteiger partial charge in [-0.15, -0.1) is 0 Å². The lowest BCUT2D eigenvalue weighted by Crippen LogP contribution is -2.30. The van der Waals surface area contributed by atoms with Crippen molar-refractivity contribution in [3.63, 3.8) is 0 Å². The molecule has 0 spiro atoms. The maximum Gasteiger partial charge on any atom is 0.255 e. The molecule has 4 rings (SSSR count). The van der Waals surface area contributed by atoms with Crippen LogP contribution in [-0.2, 0) is 11.3 Å². The fourth-order valence-corrected chi connectivity index (χ4v) is 3.88. The number of aryl methyl sites for hydroxylation is 2. The van der Waals surface area contributed by atoms with E-state index in [-0.39, 0.29) is 11.8 Å². The molecule has 1 aliphatic heterocycles. The summed E-state index contributed by atoms with van der Waals surface area (Å²) in [6, 6.07) is 1.83. The quantitative estimate of drug-likeness (QED) is 0.874. The molecule has 1 N–H and O–H groups in total. The summed E-state index contributed by atoms with van der Waals surface area (Å²) >= 11 is 0. The van der Waals surface area contributed by atoms with Gasteiger partial charge >= 0.3 is 0 Å². The number of carbonyl (C=O) groups is 1. The molecular formula is C18H24N6O2. The molecular weight excluding hydrogens is 332 g/mol. The van der Waals surface area contributed by atoms with E-state index in [0.717, 1.165) is 23.9 Å². The summed E-state index contributed by atoms with van der Waals surface area (Å²) in [6.45, 7) is 5.50. The van der Waals surface area contributed by atoms with Gasteiger partial charge in [0.05, 0.1) is 17.0 Å². The number of likely N-dealkylation sites (tertiary alicyclic amines) is 1. The average Bonchev–Trinajstić information content (AvgIpc) is 3.20. The highest BCUT2D eigenvalue weighted by Gasteiger charge is 2.46. The smallest absolute Gasteiger partial charge is 0.255 e. The third-order valence-corrected chi connectivity index (χ3v) is 5.37. The first-order valence-electron chi connectivity index (χ1n) is 9.07. The Morgan fingerprint density at radius 2 is 2.12 bits per heavy atom. The van der Waals surface area contributed by atoms with E-state index in [1.807, 2.05) is 24.8 Å². The normalized spacial score (nSPS) is 22.8. The van der Waals surface area contributed by atoms with Crippen LogP contribution in [0.2, 0.25) is 0 Å². The van der Waals surface area contributed by atoms with Gasteiger partial charge in [0.25, 0.3) is 5.91 Å². The molecule has 8 nitrogen and oxygen atoms in total. The third kappa shape index (κ3) is 3.21. The van der Waals surface area contributed by atoms with Crippen molar-refractivity contribution in [1.82, 2.24) is 30.3 Å². The molecule has 3 heterocycles. The summed E-state index contributed by atoms with van der Waals surface area (Å²) in [6.07, 6.45) is 2.46. The van der Waals surface area contributed by atoms with Crippen molar-refractivity contribution in [3.8, 4) is 0 Å². The van der Waals surface area contributed by atoms with Crippen molar-refractivity contribution < 1.29 is 9.53 Å². The van der Waals surface area contributed by atoms with Crippen LogP contribution in [-0.4, -0.2) is 56.4 Å². The van der Waals surface area contributed by atoms with E-state index in [1.165, 1.54) is 12.8 Å². The summed E-state index contributed by atoms with van der Waals surface area (Å²) < 4.78 is 5.12. The van der Waals surface area contributed by atoms with Crippen LogP contribution in [0.1, 0.15) is 52.2 Å². The predicted octanol–water partition coefficient (Wildman–Crippen LogP) is 1.62. The Bertz CT molecular complexity index is 816. The van der Waals surface area contributed by atoms with Crippen LogP contribution < -0.4 is 0 Å². The van der Waals surface area contributed by atoms with Crippen LogP contribution in [0.15, 0.2) is 6.07 Å². The number of ether oxygens (including phenoxy) is 1. The largest absolute Gasteiger partial charge is 0.377 e. The second-order valence-electron chi connectivity index (χ2n) is 7.38. The van der Waals surface area contributed by atoms with Crippen molar-refractivity contribution in [2.24, 2.45) is 11.8 Å². The fourth-order valence-electron chi connectivity index (χ4n) is 3.88. The lowest BCUT2D eigenvalue weighted by atomic mass is 9.91. The number of nitrogens with zero attached hydrogens (tertiary/aromatic N) is 5. The van der Waals surface area contributed by atoms with Gasteiger partial charge in [-0.2, -0.15) is 15.3 Å². The lowest BCUT2D eigenvalue weighted by Gasteiger charge is -2.17. The summed E-state index contributed by atoms with van der Waals surface area (Å²) in [4.78, 5) is 19.6. The fraction of sp³-hybridized carbons (Fsp3) is 0.611. The van der Waals surface area contributed by atoms with Crippen LogP contribution in [0.5, 0.6) is 0 Å². The number of aromatic nitrogens is 5. The summed E-state index contributed by atoms with van der Waals surface area (Å²) in [5.74, 6) is 2.81. The molecule has 1 amide bonds. The average molecular weight is 356 g/mol. The number of rotatable bonds is 5. The van der Waals surface area contributed by atoms with Gasteiger partial charge < -0.3 is 9.64 Å². The number of H-pyrrole nitrogens is 1. The Morgan fingerprint density at radius 3 is 2.85 bits per heavy atom. The molecule has 1 aliphatic carbocycles. The molecule has 0 unspecified atom stereocenters.